The van der Waals surface area contributed by atoms with Crippen molar-refractivity contribution in [2.75, 3.05) is 32.4 Å². The molecule has 8 heteroatoms. The van der Waals surface area contributed by atoms with Crippen LogP contribution in [0.4, 0.5) is 0 Å². The van der Waals surface area contributed by atoms with Gasteiger partial charge in [0.15, 0.2) is 0 Å². The average molecular weight is 388 g/mol. The highest BCUT2D eigenvalue weighted by Crippen LogP contribution is 2.29. The second-order valence-corrected chi connectivity index (χ2v) is 9.28. The van der Waals surface area contributed by atoms with Crippen molar-refractivity contribution in [1.82, 2.24) is 19.2 Å². The first-order chi connectivity index (χ1) is 12.9. The lowest BCUT2D eigenvalue weighted by Crippen LogP contribution is -2.45. The Morgan fingerprint density at radius 1 is 1.26 bits per heavy atom. The smallest absolute Gasteiger partial charge is 0.226 e. The number of aromatic nitrogens is 2. The molecule has 0 bridgehead atoms. The zero-order valence-corrected chi connectivity index (χ0v) is 16.2. The van der Waals surface area contributed by atoms with Crippen molar-refractivity contribution in [3.05, 3.63) is 36.2 Å². The van der Waals surface area contributed by atoms with Crippen LogP contribution in [-0.2, 0) is 14.8 Å². The highest BCUT2D eigenvalue weighted by Gasteiger charge is 2.32. The van der Waals surface area contributed by atoms with Crippen LogP contribution >= 0.6 is 0 Å². The molecule has 0 aliphatic carbocycles. The lowest BCUT2D eigenvalue weighted by Gasteiger charge is -2.34. The molecule has 2 aliphatic heterocycles. The maximum absolute atomic E-state index is 12.8. The van der Waals surface area contributed by atoms with Gasteiger partial charge in [-0.05, 0) is 37.0 Å². The van der Waals surface area contributed by atoms with Crippen molar-refractivity contribution in [3.63, 3.8) is 0 Å². The number of hydrogen-bond donors (Lipinski definition) is 1. The molecular formula is C19H24N4O3S. The van der Waals surface area contributed by atoms with Crippen LogP contribution in [0.25, 0.3) is 16.6 Å². The Morgan fingerprint density at radius 3 is 2.70 bits per heavy atom. The number of H-pyrrole nitrogens is 1. The minimum atomic E-state index is -3.16. The van der Waals surface area contributed by atoms with E-state index in [1.165, 1.54) is 16.1 Å². The van der Waals surface area contributed by atoms with Crippen molar-refractivity contribution in [2.45, 2.75) is 19.3 Å². The zero-order chi connectivity index (χ0) is 19.0. The fraction of sp³-hybridized carbons (Fsp3) is 0.474. The molecule has 0 unspecified atom stereocenters. The largest absolute Gasteiger partial charge is 0.346 e. The van der Waals surface area contributed by atoms with E-state index in [0.717, 1.165) is 23.0 Å². The van der Waals surface area contributed by atoms with Gasteiger partial charge < -0.3 is 9.88 Å². The third-order valence-corrected chi connectivity index (χ3v) is 6.89. The van der Waals surface area contributed by atoms with Crippen molar-refractivity contribution in [2.24, 2.45) is 5.92 Å². The molecule has 1 saturated heterocycles. The fourth-order valence-corrected chi connectivity index (χ4v) is 4.90. The molecule has 27 heavy (non-hydrogen) atoms. The monoisotopic (exact) mass is 388 g/mol. The SMILES string of the molecule is CS(=O)(=O)N1CCC(C(=O)N2CC=C(c3c[nH]c4ncccc34)CC2)CC1. The summed E-state index contributed by atoms with van der Waals surface area (Å²) in [6.07, 6.45) is 9.14. The highest BCUT2D eigenvalue weighted by molar-refractivity contribution is 7.88. The van der Waals surface area contributed by atoms with E-state index in [9.17, 15) is 13.2 Å². The Kier molecular flexibility index (Phi) is 4.77. The number of rotatable bonds is 3. The van der Waals surface area contributed by atoms with Crippen LogP contribution in [0.15, 0.2) is 30.6 Å². The molecule has 144 valence electrons. The van der Waals surface area contributed by atoms with E-state index in [0.29, 0.717) is 39.0 Å². The normalized spacial score (nSPS) is 20.0. The first-order valence-electron chi connectivity index (χ1n) is 9.29. The Labute approximate surface area is 159 Å². The van der Waals surface area contributed by atoms with Gasteiger partial charge in [0.2, 0.25) is 15.9 Å². The zero-order valence-electron chi connectivity index (χ0n) is 15.4. The molecule has 2 aliphatic rings. The van der Waals surface area contributed by atoms with Crippen LogP contribution in [0.5, 0.6) is 0 Å². The van der Waals surface area contributed by atoms with E-state index >= 15 is 0 Å². The summed E-state index contributed by atoms with van der Waals surface area (Å²) in [6.45, 7) is 2.18. The van der Waals surface area contributed by atoms with E-state index in [-0.39, 0.29) is 11.8 Å². The Morgan fingerprint density at radius 2 is 2.04 bits per heavy atom. The summed E-state index contributed by atoms with van der Waals surface area (Å²) < 4.78 is 24.7. The molecule has 2 aromatic rings. The summed E-state index contributed by atoms with van der Waals surface area (Å²) in [6, 6.07) is 3.99. The molecule has 0 atom stereocenters. The van der Waals surface area contributed by atoms with Gasteiger partial charge >= 0.3 is 0 Å². The molecule has 1 N–H and O–H groups in total. The van der Waals surface area contributed by atoms with Crippen LogP contribution in [0.3, 0.4) is 0 Å². The van der Waals surface area contributed by atoms with Gasteiger partial charge in [-0.3, -0.25) is 4.79 Å². The number of pyridine rings is 1. The van der Waals surface area contributed by atoms with Crippen molar-refractivity contribution in [3.8, 4) is 0 Å². The molecule has 7 nitrogen and oxygen atoms in total. The molecule has 0 radical (unpaired) electrons. The molecule has 1 fully saturated rings. The Hall–Kier alpha value is -2.19. The van der Waals surface area contributed by atoms with Gasteiger partial charge in [-0.2, -0.15) is 0 Å². The second-order valence-electron chi connectivity index (χ2n) is 7.30. The Bertz CT molecular complexity index is 987. The summed E-state index contributed by atoms with van der Waals surface area (Å²) in [7, 11) is -3.16. The number of nitrogens with one attached hydrogen (secondary N) is 1. The Balaban J connectivity index is 1.41. The van der Waals surface area contributed by atoms with E-state index in [1.54, 1.807) is 6.20 Å². The van der Waals surface area contributed by atoms with E-state index < -0.39 is 10.0 Å². The van der Waals surface area contributed by atoms with Crippen molar-refractivity contribution < 1.29 is 13.2 Å². The van der Waals surface area contributed by atoms with Gasteiger partial charge in [0.05, 0.1) is 6.26 Å². The van der Waals surface area contributed by atoms with E-state index in [4.69, 9.17) is 0 Å². The fourth-order valence-electron chi connectivity index (χ4n) is 4.03. The number of piperidine rings is 1. The number of carbonyl (C=O) groups excluding carboxylic acids is 1. The molecule has 4 rings (SSSR count). The van der Waals surface area contributed by atoms with E-state index in [1.807, 2.05) is 17.2 Å². The lowest BCUT2D eigenvalue weighted by molar-refractivity contribution is -0.136. The summed E-state index contributed by atoms with van der Waals surface area (Å²) >= 11 is 0. The molecule has 1 amide bonds. The molecule has 2 aromatic heterocycles. The number of amides is 1. The van der Waals surface area contributed by atoms with Gasteiger partial charge in [-0.15, -0.1) is 0 Å². The molecular weight excluding hydrogens is 364 g/mol. The number of carbonyl (C=O) groups is 1. The van der Waals surface area contributed by atoms with Gasteiger partial charge in [0, 0.05) is 55.4 Å². The highest BCUT2D eigenvalue weighted by atomic mass is 32.2. The number of fused-ring (bicyclic) bond motifs is 1. The van der Waals surface area contributed by atoms with Crippen LogP contribution in [0.2, 0.25) is 0 Å². The summed E-state index contributed by atoms with van der Waals surface area (Å²) in [5.41, 5.74) is 3.28. The molecule has 0 spiro atoms. The number of sulfonamides is 1. The third kappa shape index (κ3) is 3.64. The van der Waals surface area contributed by atoms with Crippen LogP contribution < -0.4 is 0 Å². The first-order valence-corrected chi connectivity index (χ1v) is 11.1. The van der Waals surface area contributed by atoms with Crippen molar-refractivity contribution >= 4 is 32.5 Å². The van der Waals surface area contributed by atoms with Crippen LogP contribution in [-0.4, -0.2) is 65.9 Å². The summed E-state index contributed by atoms with van der Waals surface area (Å²) in [5, 5.41) is 1.11. The van der Waals surface area contributed by atoms with Crippen LogP contribution in [0, 0.1) is 5.92 Å². The lowest BCUT2D eigenvalue weighted by atomic mass is 9.94. The number of hydrogen-bond acceptors (Lipinski definition) is 4. The standard InChI is InChI=1S/C19H24N4O3S/c1-27(25,26)23-11-6-15(7-12-23)19(24)22-9-4-14(5-10-22)17-13-21-18-16(17)3-2-8-20-18/h2-4,8,13,15H,5-7,9-12H2,1H3,(H,20,21). The van der Waals surface area contributed by atoms with Gasteiger partial charge in [0.1, 0.15) is 5.65 Å². The average Bonchev–Trinajstić information content (AvgIpc) is 3.11. The second kappa shape index (κ2) is 7.09. The third-order valence-electron chi connectivity index (χ3n) is 5.59. The first kappa shape index (κ1) is 18.2. The summed E-state index contributed by atoms with van der Waals surface area (Å²) in [4.78, 5) is 22.3. The predicted molar refractivity (Wildman–Crippen MR) is 104 cm³/mol. The predicted octanol–water partition coefficient (Wildman–Crippen LogP) is 1.85. The van der Waals surface area contributed by atoms with Crippen molar-refractivity contribution in [1.29, 1.82) is 0 Å². The maximum Gasteiger partial charge on any atom is 0.226 e. The van der Waals surface area contributed by atoms with Gasteiger partial charge in [-0.1, -0.05) is 6.08 Å². The quantitative estimate of drug-likeness (QED) is 0.869. The van der Waals surface area contributed by atoms with Crippen LogP contribution in [0.1, 0.15) is 24.8 Å². The maximum atomic E-state index is 12.8. The molecule has 0 aromatic carbocycles. The molecule has 0 saturated carbocycles. The number of nitrogens with zero attached hydrogens (tertiary/aromatic N) is 3. The minimum Gasteiger partial charge on any atom is -0.346 e. The minimum absolute atomic E-state index is 0.0739. The van der Waals surface area contributed by atoms with E-state index in [2.05, 4.69) is 22.1 Å². The van der Waals surface area contributed by atoms with Gasteiger partial charge in [0.25, 0.3) is 0 Å². The summed E-state index contributed by atoms with van der Waals surface area (Å²) in [5.74, 6) is 0.0780. The number of aromatic amines is 1. The molecule has 4 heterocycles. The van der Waals surface area contributed by atoms with Gasteiger partial charge in [-0.25, -0.2) is 17.7 Å². The topological polar surface area (TPSA) is 86.4 Å².